The smallest absolute Gasteiger partial charge is 0.114 e. The van der Waals surface area contributed by atoms with E-state index in [4.69, 9.17) is 0 Å². The number of H-pyrrole nitrogens is 1. The highest BCUT2D eigenvalue weighted by molar-refractivity contribution is 5.89. The zero-order chi connectivity index (χ0) is 10.8. The molecule has 0 amide bonds. The lowest BCUT2D eigenvalue weighted by molar-refractivity contribution is 1.17. The lowest BCUT2D eigenvalue weighted by Crippen LogP contribution is -1.93. The summed E-state index contributed by atoms with van der Waals surface area (Å²) in [5, 5.41) is 4.17. The Balaban J connectivity index is 2.46. The van der Waals surface area contributed by atoms with Gasteiger partial charge in [-0.2, -0.15) is 5.10 Å². The maximum atomic E-state index is 4.40. The van der Waals surface area contributed by atoms with Crippen molar-refractivity contribution in [3.63, 3.8) is 0 Å². The van der Waals surface area contributed by atoms with Crippen LogP contribution in [0.2, 0.25) is 0 Å². The van der Waals surface area contributed by atoms with Crippen molar-refractivity contribution in [2.75, 3.05) is 5.43 Å². The second-order valence-corrected chi connectivity index (χ2v) is 3.69. The van der Waals surface area contributed by atoms with Gasteiger partial charge >= 0.3 is 0 Å². The van der Waals surface area contributed by atoms with E-state index in [1.807, 2.05) is 39.0 Å². The monoisotopic (exact) mass is 202 g/mol. The van der Waals surface area contributed by atoms with Gasteiger partial charge in [0.05, 0.1) is 11.2 Å². The molecule has 0 aliphatic carbocycles. The molecule has 2 rings (SSSR count). The lowest BCUT2D eigenvalue weighted by Gasteiger charge is -2.01. The molecule has 1 heterocycles. The summed E-state index contributed by atoms with van der Waals surface area (Å²) < 4.78 is 0. The number of nitrogens with zero attached hydrogens (tertiary/aromatic N) is 2. The van der Waals surface area contributed by atoms with E-state index in [9.17, 15) is 0 Å². The van der Waals surface area contributed by atoms with E-state index in [1.54, 1.807) is 0 Å². The number of fused-ring (bicyclic) bond motifs is 1. The van der Waals surface area contributed by atoms with E-state index in [1.165, 1.54) is 0 Å². The Morgan fingerprint density at radius 2 is 2.20 bits per heavy atom. The molecule has 1 aromatic heterocycles. The highest BCUT2D eigenvalue weighted by Gasteiger charge is 2.03. The number of hydrogen-bond donors (Lipinski definition) is 2. The highest BCUT2D eigenvalue weighted by atomic mass is 15.3. The van der Waals surface area contributed by atoms with Crippen LogP contribution in [0.3, 0.4) is 0 Å². The molecular formula is C11H14N4. The van der Waals surface area contributed by atoms with Crippen LogP contribution in [0.25, 0.3) is 11.0 Å². The van der Waals surface area contributed by atoms with Crippen LogP contribution in [0.4, 0.5) is 5.69 Å². The number of benzene rings is 1. The Morgan fingerprint density at radius 3 is 2.93 bits per heavy atom. The minimum atomic E-state index is 0.913. The average Bonchev–Trinajstić information content (AvgIpc) is 2.55. The van der Waals surface area contributed by atoms with Crippen molar-refractivity contribution >= 4 is 22.4 Å². The predicted octanol–water partition coefficient (Wildman–Crippen LogP) is 2.68. The topological polar surface area (TPSA) is 53.1 Å². The molecule has 2 N–H and O–H groups in total. The number of imidazole rings is 1. The summed E-state index contributed by atoms with van der Waals surface area (Å²) in [7, 11) is 0. The third kappa shape index (κ3) is 1.98. The van der Waals surface area contributed by atoms with Gasteiger partial charge in [-0.15, -0.1) is 0 Å². The normalized spacial score (nSPS) is 10.3. The summed E-state index contributed by atoms with van der Waals surface area (Å²) in [5.74, 6) is 0.913. The number of aromatic amines is 1. The third-order valence-corrected chi connectivity index (χ3v) is 2.03. The fourth-order valence-corrected chi connectivity index (χ4v) is 1.42. The van der Waals surface area contributed by atoms with Gasteiger partial charge < -0.3 is 4.98 Å². The lowest BCUT2D eigenvalue weighted by atomic mass is 10.3. The molecule has 1 aromatic carbocycles. The second kappa shape index (κ2) is 3.73. The summed E-state index contributed by atoms with van der Waals surface area (Å²) in [6.45, 7) is 5.84. The van der Waals surface area contributed by atoms with Gasteiger partial charge in [0.15, 0.2) is 0 Å². The average molecular weight is 202 g/mol. The van der Waals surface area contributed by atoms with Crippen molar-refractivity contribution in [3.8, 4) is 0 Å². The van der Waals surface area contributed by atoms with Crippen LogP contribution in [-0.4, -0.2) is 15.7 Å². The van der Waals surface area contributed by atoms with E-state index < -0.39 is 0 Å². The first-order valence-electron chi connectivity index (χ1n) is 4.89. The molecule has 78 valence electrons. The van der Waals surface area contributed by atoms with Crippen LogP contribution >= 0.6 is 0 Å². The van der Waals surface area contributed by atoms with Crippen LogP contribution in [0.15, 0.2) is 23.3 Å². The van der Waals surface area contributed by atoms with Crippen molar-refractivity contribution in [2.45, 2.75) is 20.8 Å². The van der Waals surface area contributed by atoms with Crippen LogP contribution < -0.4 is 5.43 Å². The van der Waals surface area contributed by atoms with Gasteiger partial charge in [0.1, 0.15) is 11.3 Å². The molecule has 0 fully saturated rings. The third-order valence-electron chi connectivity index (χ3n) is 2.03. The van der Waals surface area contributed by atoms with Crippen molar-refractivity contribution < 1.29 is 0 Å². The Hall–Kier alpha value is -1.84. The molecule has 0 spiro atoms. The Morgan fingerprint density at radius 1 is 1.40 bits per heavy atom. The van der Waals surface area contributed by atoms with Crippen LogP contribution in [-0.2, 0) is 0 Å². The zero-order valence-corrected chi connectivity index (χ0v) is 9.13. The molecule has 0 radical (unpaired) electrons. The van der Waals surface area contributed by atoms with E-state index in [0.29, 0.717) is 0 Å². The summed E-state index contributed by atoms with van der Waals surface area (Å²) in [6, 6.07) is 5.95. The highest BCUT2D eigenvalue weighted by Crippen LogP contribution is 2.20. The first kappa shape index (κ1) is 9.71. The first-order valence-corrected chi connectivity index (χ1v) is 4.89. The molecule has 15 heavy (non-hydrogen) atoms. The molecule has 0 bridgehead atoms. The van der Waals surface area contributed by atoms with Gasteiger partial charge in [-0.1, -0.05) is 6.07 Å². The predicted molar refractivity (Wildman–Crippen MR) is 63.2 cm³/mol. The molecule has 0 saturated heterocycles. The second-order valence-electron chi connectivity index (χ2n) is 3.69. The van der Waals surface area contributed by atoms with Gasteiger partial charge in [-0.25, -0.2) is 4.98 Å². The largest absolute Gasteiger partial charge is 0.342 e. The molecule has 0 unspecified atom stereocenters. The van der Waals surface area contributed by atoms with E-state index in [-0.39, 0.29) is 0 Å². The van der Waals surface area contributed by atoms with Crippen molar-refractivity contribution in [2.24, 2.45) is 5.10 Å². The number of aromatic nitrogens is 2. The van der Waals surface area contributed by atoms with Crippen LogP contribution in [0.1, 0.15) is 19.7 Å². The van der Waals surface area contributed by atoms with Crippen LogP contribution in [0.5, 0.6) is 0 Å². The molecule has 0 atom stereocenters. The Bertz CT molecular complexity index is 506. The molecule has 0 saturated carbocycles. The Labute approximate surface area is 88.4 Å². The van der Waals surface area contributed by atoms with Crippen LogP contribution in [0, 0.1) is 6.92 Å². The number of nitrogens with one attached hydrogen (secondary N) is 2. The SMILES string of the molecule is CC(C)=NNc1cccc2[nH]c(C)nc12. The summed E-state index contributed by atoms with van der Waals surface area (Å²) in [4.78, 5) is 7.59. The van der Waals surface area contributed by atoms with E-state index in [0.717, 1.165) is 28.3 Å². The van der Waals surface area contributed by atoms with Crippen molar-refractivity contribution in [1.29, 1.82) is 0 Å². The standard InChI is InChI=1S/C11H14N4/c1-7(2)14-15-10-6-4-5-9-11(10)13-8(3)12-9/h4-6,15H,1-3H3,(H,12,13). The summed E-state index contributed by atoms with van der Waals surface area (Å²) >= 11 is 0. The number of rotatable bonds is 2. The van der Waals surface area contributed by atoms with E-state index >= 15 is 0 Å². The molecular weight excluding hydrogens is 188 g/mol. The summed E-state index contributed by atoms with van der Waals surface area (Å²) in [5.41, 5.74) is 6.88. The summed E-state index contributed by atoms with van der Waals surface area (Å²) in [6.07, 6.45) is 0. The zero-order valence-electron chi connectivity index (χ0n) is 9.13. The van der Waals surface area contributed by atoms with Gasteiger partial charge in [0, 0.05) is 5.71 Å². The van der Waals surface area contributed by atoms with Crippen molar-refractivity contribution in [1.82, 2.24) is 9.97 Å². The quantitative estimate of drug-likeness (QED) is 0.581. The number of aryl methyl sites for hydroxylation is 1. The molecule has 0 aliphatic heterocycles. The fourth-order valence-electron chi connectivity index (χ4n) is 1.42. The van der Waals surface area contributed by atoms with Gasteiger partial charge in [-0.05, 0) is 32.9 Å². The molecule has 2 aromatic rings. The minimum Gasteiger partial charge on any atom is -0.342 e. The Kier molecular flexibility index (Phi) is 2.41. The number of para-hydroxylation sites is 1. The number of anilines is 1. The fraction of sp³-hybridized carbons (Fsp3) is 0.273. The molecule has 4 heteroatoms. The number of hydrazone groups is 1. The van der Waals surface area contributed by atoms with Gasteiger partial charge in [0.2, 0.25) is 0 Å². The maximum Gasteiger partial charge on any atom is 0.114 e. The van der Waals surface area contributed by atoms with Crippen molar-refractivity contribution in [3.05, 3.63) is 24.0 Å². The first-order chi connectivity index (χ1) is 7.16. The minimum absolute atomic E-state index is 0.913. The molecule has 0 aliphatic rings. The maximum absolute atomic E-state index is 4.40. The molecule has 4 nitrogen and oxygen atoms in total. The van der Waals surface area contributed by atoms with Gasteiger partial charge in [-0.3, -0.25) is 5.43 Å². The van der Waals surface area contributed by atoms with E-state index in [2.05, 4.69) is 20.5 Å². The van der Waals surface area contributed by atoms with Gasteiger partial charge in [0.25, 0.3) is 0 Å². The number of hydrogen-bond acceptors (Lipinski definition) is 3.